The van der Waals surface area contributed by atoms with E-state index in [1.54, 1.807) is 0 Å². The van der Waals surface area contributed by atoms with Crippen molar-refractivity contribution in [3.05, 3.63) is 0 Å². The molecule has 1 N–H and O–H groups in total. The fourth-order valence-corrected chi connectivity index (χ4v) is 1.78. The van der Waals surface area contributed by atoms with Crippen molar-refractivity contribution in [2.24, 2.45) is 5.92 Å². The van der Waals surface area contributed by atoms with Crippen LogP contribution in [0.3, 0.4) is 0 Å². The third-order valence-corrected chi connectivity index (χ3v) is 2.24. The first kappa shape index (κ1) is 17.9. The first-order chi connectivity index (χ1) is 6.91. The summed E-state index contributed by atoms with van der Waals surface area (Å²) in [5.74, 6) is -1.11. The van der Waals surface area contributed by atoms with Gasteiger partial charge in [-0.3, -0.25) is 0 Å². The van der Waals surface area contributed by atoms with E-state index in [9.17, 15) is 0 Å². The summed E-state index contributed by atoms with van der Waals surface area (Å²) in [7, 11) is 0. The molecule has 1 saturated heterocycles. The van der Waals surface area contributed by atoms with Gasteiger partial charge in [0, 0.05) is 18.0 Å². The topological polar surface area (TPSA) is 92.3 Å². The van der Waals surface area contributed by atoms with Crippen molar-refractivity contribution in [1.82, 2.24) is 5.32 Å². The largest absolute Gasteiger partial charge is 2.00 e. The molecule has 2 atom stereocenters. The molecule has 5 nitrogen and oxygen atoms in total. The van der Waals surface area contributed by atoms with Crippen LogP contribution in [0.2, 0.25) is 0 Å². The van der Waals surface area contributed by atoms with E-state index in [4.69, 9.17) is 19.8 Å². The van der Waals surface area contributed by atoms with Crippen LogP contribution < -0.4 is 15.5 Å². The second-order valence-electron chi connectivity index (χ2n) is 3.77. The van der Waals surface area contributed by atoms with E-state index < -0.39 is 11.9 Å². The molecule has 0 radical (unpaired) electrons. The second-order valence-corrected chi connectivity index (χ2v) is 3.77. The van der Waals surface area contributed by atoms with Crippen molar-refractivity contribution in [3.63, 3.8) is 0 Å². The summed E-state index contributed by atoms with van der Waals surface area (Å²) in [5, 5.41) is 21.2. The van der Waals surface area contributed by atoms with Gasteiger partial charge >= 0.3 is 20.4 Å². The van der Waals surface area contributed by atoms with Crippen molar-refractivity contribution in [1.29, 1.82) is 0 Å². The average Bonchev–Trinajstić information content (AvgIpc) is 2.62. The minimum atomic E-state index is -1.08. The Morgan fingerprint density at radius 2 is 1.56 bits per heavy atom. The molecule has 6 heteroatoms. The van der Waals surface area contributed by atoms with Crippen LogP contribution in [0.25, 0.3) is 0 Å². The van der Waals surface area contributed by atoms with Gasteiger partial charge in [-0.25, -0.2) is 0 Å². The number of nitrogens with one attached hydrogen (secondary N) is 1. The Morgan fingerprint density at radius 1 is 1.12 bits per heavy atom. The van der Waals surface area contributed by atoms with Gasteiger partial charge < -0.3 is 25.1 Å². The third-order valence-electron chi connectivity index (χ3n) is 2.24. The van der Waals surface area contributed by atoms with Crippen LogP contribution in [0.15, 0.2) is 0 Å². The number of piperidine rings is 1. The van der Waals surface area contributed by atoms with E-state index in [2.05, 4.69) is 5.32 Å². The van der Waals surface area contributed by atoms with Gasteiger partial charge in [-0.05, 0) is 45.6 Å². The summed E-state index contributed by atoms with van der Waals surface area (Å²) in [5.41, 5.74) is 0. The second kappa shape index (κ2) is 9.76. The van der Waals surface area contributed by atoms with Gasteiger partial charge in [0.25, 0.3) is 0 Å². The van der Waals surface area contributed by atoms with Crippen molar-refractivity contribution in [3.8, 4) is 0 Å². The van der Waals surface area contributed by atoms with E-state index in [1.165, 1.54) is 25.8 Å². The standard InChI is InChI=1S/C6H11N.2C2H4O2.Pd/c1-2-6-3-5(1)4-7-6;2*1-2(3)4;/h5-7H,1-4H2;2*1H3,(H,3,4);/q;;;+2/p-2. The molecule has 0 aromatic carbocycles. The maximum Gasteiger partial charge on any atom is 2.00 e. The predicted molar refractivity (Wildman–Crippen MR) is 50.5 cm³/mol. The molecule has 2 bridgehead atoms. The number of aliphatic carboxylic acids is 2. The van der Waals surface area contributed by atoms with Crippen molar-refractivity contribution in [2.45, 2.75) is 39.2 Å². The molecular formula is C10H17NO4Pd. The summed E-state index contributed by atoms with van der Waals surface area (Å²) in [6.45, 7) is 3.25. The third kappa shape index (κ3) is 11.6. The molecule has 0 amide bonds. The molecule has 96 valence electrons. The molecule has 16 heavy (non-hydrogen) atoms. The first-order valence-corrected chi connectivity index (χ1v) is 5.00. The van der Waals surface area contributed by atoms with Gasteiger partial charge in [0.15, 0.2) is 0 Å². The van der Waals surface area contributed by atoms with E-state index in [-0.39, 0.29) is 20.4 Å². The molecule has 0 spiro atoms. The molecular weight excluding hydrogens is 305 g/mol. The smallest absolute Gasteiger partial charge is 0.550 e. The average molecular weight is 322 g/mol. The SMILES string of the molecule is C1CC2CC1CN2.CC(=O)[O-].CC(=O)[O-].[Pd+2]. The van der Waals surface area contributed by atoms with Crippen molar-refractivity contribution >= 4 is 11.9 Å². The first-order valence-electron chi connectivity index (χ1n) is 5.00. The number of carbonyl (C=O) groups excluding carboxylic acids is 2. The Bertz CT molecular complexity index is 185. The van der Waals surface area contributed by atoms with Crippen molar-refractivity contribution < 1.29 is 40.2 Å². The number of carboxylic acids is 2. The quantitative estimate of drug-likeness (QED) is 0.535. The molecule has 2 rings (SSSR count). The Kier molecular flexibility index (Phi) is 10.9. The van der Waals surface area contributed by atoms with Crippen LogP contribution >= 0.6 is 0 Å². The number of rotatable bonds is 0. The van der Waals surface area contributed by atoms with Gasteiger partial charge in [0.05, 0.1) is 0 Å². The van der Waals surface area contributed by atoms with Crippen LogP contribution in [0.1, 0.15) is 33.1 Å². The number of hydrogen-bond acceptors (Lipinski definition) is 5. The molecule has 1 aliphatic heterocycles. The molecule has 2 unspecified atom stereocenters. The number of fused-ring (bicyclic) bond motifs is 2. The maximum absolute atomic E-state index is 8.89. The summed E-state index contributed by atoms with van der Waals surface area (Å²) in [6, 6.07) is 0.921. The van der Waals surface area contributed by atoms with E-state index in [0.29, 0.717) is 0 Å². The van der Waals surface area contributed by atoms with Crippen LogP contribution in [-0.2, 0) is 30.0 Å². The summed E-state index contributed by atoms with van der Waals surface area (Å²) >= 11 is 0. The normalized spacial score (nSPS) is 24.1. The maximum atomic E-state index is 8.89. The number of hydrogen-bond donors (Lipinski definition) is 1. The Balaban J connectivity index is 0. The zero-order valence-corrected chi connectivity index (χ0v) is 11.0. The van der Waals surface area contributed by atoms with Crippen LogP contribution in [0, 0.1) is 5.92 Å². The Labute approximate surface area is 109 Å². The molecule has 1 heterocycles. The fraction of sp³-hybridized carbons (Fsp3) is 0.800. The van der Waals surface area contributed by atoms with Gasteiger partial charge in [-0.15, -0.1) is 0 Å². The molecule has 0 aromatic rings. The summed E-state index contributed by atoms with van der Waals surface area (Å²) in [4.78, 5) is 17.8. The van der Waals surface area contributed by atoms with Gasteiger partial charge in [-0.1, -0.05) is 0 Å². The minimum Gasteiger partial charge on any atom is -0.550 e. The summed E-state index contributed by atoms with van der Waals surface area (Å²) < 4.78 is 0. The molecule has 1 aliphatic carbocycles. The zero-order valence-electron chi connectivity index (χ0n) is 9.43. The molecule has 2 aliphatic rings. The molecule has 0 aromatic heterocycles. The van der Waals surface area contributed by atoms with E-state index in [1.807, 2.05) is 0 Å². The van der Waals surface area contributed by atoms with Crippen LogP contribution in [0.5, 0.6) is 0 Å². The minimum absolute atomic E-state index is 0. The van der Waals surface area contributed by atoms with Gasteiger partial charge in [0.1, 0.15) is 0 Å². The number of carboxylic acid groups (broad SMARTS) is 2. The predicted octanol–water partition coefficient (Wildman–Crippen LogP) is -1.73. The fourth-order valence-electron chi connectivity index (χ4n) is 1.78. The number of carbonyl (C=O) groups is 2. The van der Waals surface area contributed by atoms with Crippen molar-refractivity contribution in [2.75, 3.05) is 6.54 Å². The van der Waals surface area contributed by atoms with Gasteiger partial charge in [0.2, 0.25) is 0 Å². The van der Waals surface area contributed by atoms with E-state index in [0.717, 1.165) is 25.8 Å². The monoisotopic (exact) mass is 321 g/mol. The van der Waals surface area contributed by atoms with Crippen LogP contribution in [-0.4, -0.2) is 24.5 Å². The van der Waals surface area contributed by atoms with E-state index >= 15 is 0 Å². The molecule has 2 fully saturated rings. The Hall–Kier alpha value is -0.438. The Morgan fingerprint density at radius 3 is 1.62 bits per heavy atom. The zero-order chi connectivity index (χ0) is 11.8. The molecule has 1 saturated carbocycles. The summed E-state index contributed by atoms with van der Waals surface area (Å²) in [6.07, 6.45) is 4.42. The van der Waals surface area contributed by atoms with Gasteiger partial charge in [-0.2, -0.15) is 0 Å². The van der Waals surface area contributed by atoms with Crippen LogP contribution in [0.4, 0.5) is 0 Å².